The highest BCUT2D eigenvalue weighted by Crippen LogP contribution is 2.28. The minimum Gasteiger partial charge on any atom is -0.480 e. The maximum atomic E-state index is 13.2. The van der Waals surface area contributed by atoms with E-state index in [1.807, 2.05) is 60.7 Å². The highest BCUT2D eigenvalue weighted by Gasteiger charge is 2.50. The van der Waals surface area contributed by atoms with Crippen molar-refractivity contribution in [3.63, 3.8) is 0 Å². The molecule has 3 rings (SSSR count). The Bertz CT molecular complexity index is 792. The Morgan fingerprint density at radius 3 is 2.00 bits per heavy atom. The van der Waals surface area contributed by atoms with Crippen LogP contribution >= 0.6 is 0 Å². The minimum absolute atomic E-state index is 0.254. The number of hydrogen-bond acceptors (Lipinski definition) is 3. The zero-order valence-electron chi connectivity index (χ0n) is 16.0. The molecule has 2 unspecified atom stereocenters. The molecule has 2 atom stereocenters. The number of rotatable bonds is 7. The van der Waals surface area contributed by atoms with Gasteiger partial charge in [-0.15, -0.1) is 0 Å². The van der Waals surface area contributed by atoms with Gasteiger partial charge in [-0.3, -0.25) is 4.79 Å². The molecule has 2 aromatic carbocycles. The summed E-state index contributed by atoms with van der Waals surface area (Å²) in [7, 11) is 0. The fourth-order valence-corrected chi connectivity index (χ4v) is 3.60. The van der Waals surface area contributed by atoms with Crippen LogP contribution in [0.15, 0.2) is 60.7 Å². The average Bonchev–Trinajstić information content (AvgIpc) is 2.88. The molecule has 1 saturated heterocycles. The van der Waals surface area contributed by atoms with E-state index in [-0.39, 0.29) is 12.5 Å². The predicted molar refractivity (Wildman–Crippen MR) is 104 cm³/mol. The van der Waals surface area contributed by atoms with Crippen molar-refractivity contribution >= 4 is 17.9 Å². The third kappa shape index (κ3) is 3.91. The van der Waals surface area contributed by atoms with E-state index >= 15 is 0 Å². The molecule has 146 valence electrons. The Morgan fingerprint density at radius 2 is 1.50 bits per heavy atom. The molecule has 1 heterocycles. The second-order valence-electron chi connectivity index (χ2n) is 7.34. The lowest BCUT2D eigenvalue weighted by Gasteiger charge is -2.25. The van der Waals surface area contributed by atoms with Crippen molar-refractivity contribution in [3.05, 3.63) is 71.8 Å². The number of urea groups is 1. The molecule has 3 amide bonds. The van der Waals surface area contributed by atoms with Crippen LogP contribution in [0.2, 0.25) is 0 Å². The standard InChI is InChI=1S/C22H24N2O4/c1-15(2)19(21(26)27)24-20(25)18(13-16-9-5-3-6-10-16)23(22(24)28)14-17-11-7-4-8-12-17/h3-12,15,18-19H,13-14H2,1-2H3,(H,26,27). The number of aliphatic carboxylic acids is 1. The smallest absolute Gasteiger partial charge is 0.328 e. The Hall–Kier alpha value is -3.15. The zero-order chi connectivity index (χ0) is 20.3. The third-order valence-corrected chi connectivity index (χ3v) is 4.98. The highest BCUT2D eigenvalue weighted by molar-refractivity contribution is 6.07. The lowest BCUT2D eigenvalue weighted by atomic mass is 10.0. The van der Waals surface area contributed by atoms with Gasteiger partial charge in [-0.25, -0.2) is 14.5 Å². The van der Waals surface area contributed by atoms with Crippen LogP contribution in [0.1, 0.15) is 25.0 Å². The van der Waals surface area contributed by atoms with Crippen LogP contribution in [-0.2, 0) is 22.6 Å². The van der Waals surface area contributed by atoms with Gasteiger partial charge in [0.25, 0.3) is 5.91 Å². The monoisotopic (exact) mass is 380 g/mol. The zero-order valence-corrected chi connectivity index (χ0v) is 16.0. The molecular weight excluding hydrogens is 356 g/mol. The second kappa shape index (κ2) is 8.25. The predicted octanol–water partition coefficient (Wildman–Crippen LogP) is 3.17. The first-order valence-electron chi connectivity index (χ1n) is 9.34. The largest absolute Gasteiger partial charge is 0.480 e. The van der Waals surface area contributed by atoms with E-state index in [0.29, 0.717) is 6.42 Å². The molecule has 0 saturated carbocycles. The number of amides is 3. The fraction of sp³-hybridized carbons (Fsp3) is 0.318. The average molecular weight is 380 g/mol. The van der Waals surface area contributed by atoms with Crippen molar-refractivity contribution in [3.8, 4) is 0 Å². The van der Waals surface area contributed by atoms with Crippen LogP contribution in [0.25, 0.3) is 0 Å². The van der Waals surface area contributed by atoms with Crippen molar-refractivity contribution in [1.82, 2.24) is 9.80 Å². The third-order valence-electron chi connectivity index (χ3n) is 4.98. The Morgan fingerprint density at radius 1 is 0.964 bits per heavy atom. The summed E-state index contributed by atoms with van der Waals surface area (Å²) >= 11 is 0. The topological polar surface area (TPSA) is 77.9 Å². The number of hydrogen-bond donors (Lipinski definition) is 1. The maximum absolute atomic E-state index is 13.2. The van der Waals surface area contributed by atoms with Gasteiger partial charge in [0, 0.05) is 13.0 Å². The Kier molecular flexibility index (Phi) is 5.78. The van der Waals surface area contributed by atoms with Crippen molar-refractivity contribution in [2.75, 3.05) is 0 Å². The molecule has 0 aliphatic carbocycles. The number of carboxylic acid groups (broad SMARTS) is 1. The molecule has 6 nitrogen and oxygen atoms in total. The first-order chi connectivity index (χ1) is 13.4. The molecule has 0 spiro atoms. The quantitative estimate of drug-likeness (QED) is 0.749. The lowest BCUT2D eigenvalue weighted by molar-refractivity contribution is -0.148. The number of benzene rings is 2. The summed E-state index contributed by atoms with van der Waals surface area (Å²) in [5.74, 6) is -2.01. The fourth-order valence-electron chi connectivity index (χ4n) is 3.60. The molecule has 1 aliphatic heterocycles. The number of carboxylic acids is 1. The summed E-state index contributed by atoms with van der Waals surface area (Å²) < 4.78 is 0. The van der Waals surface area contributed by atoms with E-state index in [0.717, 1.165) is 16.0 Å². The molecule has 0 aromatic heterocycles. The van der Waals surface area contributed by atoms with E-state index in [4.69, 9.17) is 0 Å². The van der Waals surface area contributed by atoms with Crippen molar-refractivity contribution in [2.24, 2.45) is 5.92 Å². The summed E-state index contributed by atoms with van der Waals surface area (Å²) in [6.45, 7) is 3.65. The van der Waals surface area contributed by atoms with Crippen LogP contribution in [0, 0.1) is 5.92 Å². The SMILES string of the molecule is CC(C)C(C(=O)O)N1C(=O)C(Cc2ccccc2)N(Cc2ccccc2)C1=O. The van der Waals surface area contributed by atoms with Gasteiger partial charge in [-0.05, 0) is 17.0 Å². The Labute approximate surface area is 164 Å². The summed E-state index contributed by atoms with van der Waals surface area (Å²) in [5.41, 5.74) is 1.81. The normalized spacial score (nSPS) is 18.0. The van der Waals surface area contributed by atoms with Crippen molar-refractivity contribution in [1.29, 1.82) is 0 Å². The molecule has 1 aliphatic rings. The Balaban J connectivity index is 1.96. The summed E-state index contributed by atoms with van der Waals surface area (Å²) in [5, 5.41) is 9.63. The number of carbonyl (C=O) groups is 3. The van der Waals surface area contributed by atoms with E-state index in [1.54, 1.807) is 13.8 Å². The van der Waals surface area contributed by atoms with Gasteiger partial charge in [0.2, 0.25) is 0 Å². The summed E-state index contributed by atoms with van der Waals surface area (Å²) in [6.07, 6.45) is 0.346. The molecule has 2 aromatic rings. The van der Waals surface area contributed by atoms with Gasteiger partial charge in [-0.2, -0.15) is 0 Å². The van der Waals surface area contributed by atoms with Gasteiger partial charge in [0.05, 0.1) is 0 Å². The first-order valence-corrected chi connectivity index (χ1v) is 9.34. The molecule has 1 N–H and O–H groups in total. The van der Waals surface area contributed by atoms with Gasteiger partial charge < -0.3 is 10.0 Å². The van der Waals surface area contributed by atoms with Crippen LogP contribution in [-0.4, -0.2) is 44.9 Å². The van der Waals surface area contributed by atoms with Gasteiger partial charge in [-0.1, -0.05) is 74.5 Å². The summed E-state index contributed by atoms with van der Waals surface area (Å²) in [4.78, 5) is 40.5. The first kappa shape index (κ1) is 19.6. The van der Waals surface area contributed by atoms with Crippen LogP contribution in [0.4, 0.5) is 4.79 Å². The minimum atomic E-state index is -1.18. The van der Waals surface area contributed by atoms with Gasteiger partial charge >= 0.3 is 12.0 Å². The van der Waals surface area contributed by atoms with Crippen LogP contribution in [0.3, 0.4) is 0 Å². The molecule has 1 fully saturated rings. The van der Waals surface area contributed by atoms with Gasteiger partial charge in [0.1, 0.15) is 12.1 Å². The van der Waals surface area contributed by atoms with Crippen LogP contribution in [0.5, 0.6) is 0 Å². The van der Waals surface area contributed by atoms with E-state index in [1.165, 1.54) is 4.90 Å². The lowest BCUT2D eigenvalue weighted by Crippen LogP contribution is -2.48. The molecular formula is C22H24N2O4. The van der Waals surface area contributed by atoms with Gasteiger partial charge in [0.15, 0.2) is 0 Å². The van der Waals surface area contributed by atoms with Crippen molar-refractivity contribution in [2.45, 2.75) is 38.9 Å². The molecule has 28 heavy (non-hydrogen) atoms. The second-order valence-corrected chi connectivity index (χ2v) is 7.34. The van der Waals surface area contributed by atoms with E-state index in [2.05, 4.69) is 0 Å². The number of nitrogens with zero attached hydrogens (tertiary/aromatic N) is 2. The van der Waals surface area contributed by atoms with E-state index < -0.39 is 30.0 Å². The number of carbonyl (C=O) groups excluding carboxylic acids is 2. The van der Waals surface area contributed by atoms with Crippen LogP contribution < -0.4 is 0 Å². The van der Waals surface area contributed by atoms with Crippen molar-refractivity contribution < 1.29 is 19.5 Å². The molecule has 0 radical (unpaired) electrons. The maximum Gasteiger partial charge on any atom is 0.328 e. The van der Waals surface area contributed by atoms with E-state index in [9.17, 15) is 19.5 Å². The number of imide groups is 1. The summed E-state index contributed by atoms with van der Waals surface area (Å²) in [6, 6.07) is 16.4. The highest BCUT2D eigenvalue weighted by atomic mass is 16.4. The molecule has 0 bridgehead atoms. The molecule has 6 heteroatoms.